The highest BCUT2D eigenvalue weighted by atomic mass is 16.2. The molecular weight excluding hydrogens is 328 g/mol. The summed E-state index contributed by atoms with van der Waals surface area (Å²) in [7, 11) is 3.70. The molecule has 7 nitrogen and oxygen atoms in total. The van der Waals surface area contributed by atoms with Crippen molar-refractivity contribution in [2.24, 2.45) is 11.8 Å². The van der Waals surface area contributed by atoms with Gasteiger partial charge in [0, 0.05) is 37.9 Å². The first kappa shape index (κ1) is 17.0. The lowest BCUT2D eigenvalue weighted by Gasteiger charge is -2.49. The SMILES string of the molecule is CN(C)C(=O)[C@@H]1CN2CC[C@@H]1C[C@@H]2Cn1cc(-c2cccc(N)c2)nn1. The fraction of sp³-hybridized carbons (Fsp3) is 0.526. The molecule has 0 spiro atoms. The minimum atomic E-state index is 0.147. The van der Waals surface area contributed by atoms with Crippen molar-refractivity contribution in [3.05, 3.63) is 30.5 Å². The highest BCUT2D eigenvalue weighted by molar-refractivity contribution is 5.79. The zero-order valence-corrected chi connectivity index (χ0v) is 15.4. The van der Waals surface area contributed by atoms with Gasteiger partial charge in [-0.2, -0.15) is 0 Å². The minimum absolute atomic E-state index is 0.147. The van der Waals surface area contributed by atoms with E-state index >= 15 is 0 Å². The van der Waals surface area contributed by atoms with E-state index in [1.807, 2.05) is 49.2 Å². The van der Waals surface area contributed by atoms with E-state index in [0.29, 0.717) is 12.0 Å². The van der Waals surface area contributed by atoms with E-state index in [1.165, 1.54) is 0 Å². The number of amides is 1. The van der Waals surface area contributed by atoms with E-state index < -0.39 is 0 Å². The van der Waals surface area contributed by atoms with Gasteiger partial charge in [-0.05, 0) is 37.4 Å². The van der Waals surface area contributed by atoms with Gasteiger partial charge in [0.25, 0.3) is 0 Å². The molecule has 3 saturated heterocycles. The molecule has 3 aliphatic heterocycles. The van der Waals surface area contributed by atoms with Crippen LogP contribution in [0.5, 0.6) is 0 Å². The topological polar surface area (TPSA) is 80.3 Å². The quantitative estimate of drug-likeness (QED) is 0.838. The molecule has 2 N–H and O–H groups in total. The Morgan fingerprint density at radius 2 is 2.23 bits per heavy atom. The maximum atomic E-state index is 12.4. The number of nitrogens with two attached hydrogens (primary N) is 1. The molecule has 0 aliphatic carbocycles. The highest BCUT2D eigenvalue weighted by Crippen LogP contribution is 2.37. The van der Waals surface area contributed by atoms with E-state index in [0.717, 1.165) is 49.4 Å². The van der Waals surface area contributed by atoms with Crippen LogP contribution in [0, 0.1) is 11.8 Å². The van der Waals surface area contributed by atoms with Crippen LogP contribution in [0.1, 0.15) is 12.8 Å². The molecule has 4 heterocycles. The van der Waals surface area contributed by atoms with Crippen molar-refractivity contribution in [2.45, 2.75) is 25.4 Å². The molecule has 1 aromatic carbocycles. The van der Waals surface area contributed by atoms with Crippen LogP contribution in [-0.2, 0) is 11.3 Å². The normalized spacial score (nSPS) is 27.5. The maximum absolute atomic E-state index is 12.4. The van der Waals surface area contributed by atoms with Crippen molar-refractivity contribution in [1.29, 1.82) is 0 Å². The Balaban J connectivity index is 1.44. The van der Waals surface area contributed by atoms with Gasteiger partial charge in [0.2, 0.25) is 5.91 Å². The van der Waals surface area contributed by atoms with Crippen molar-refractivity contribution in [1.82, 2.24) is 24.8 Å². The smallest absolute Gasteiger partial charge is 0.226 e. The second kappa shape index (κ2) is 6.72. The number of rotatable bonds is 4. The van der Waals surface area contributed by atoms with Gasteiger partial charge in [-0.1, -0.05) is 17.3 Å². The van der Waals surface area contributed by atoms with Gasteiger partial charge in [-0.15, -0.1) is 5.10 Å². The first-order valence-corrected chi connectivity index (χ1v) is 9.22. The van der Waals surface area contributed by atoms with Crippen molar-refractivity contribution in [3.8, 4) is 11.3 Å². The number of nitrogen functional groups attached to an aromatic ring is 1. The van der Waals surface area contributed by atoms with E-state index in [-0.39, 0.29) is 11.8 Å². The van der Waals surface area contributed by atoms with Crippen LogP contribution >= 0.6 is 0 Å². The summed E-state index contributed by atoms with van der Waals surface area (Å²) in [6.07, 6.45) is 4.16. The van der Waals surface area contributed by atoms with Crippen LogP contribution in [0.2, 0.25) is 0 Å². The lowest BCUT2D eigenvalue weighted by molar-refractivity contribution is -0.141. The summed E-state index contributed by atoms with van der Waals surface area (Å²) in [5, 5.41) is 8.61. The first-order chi connectivity index (χ1) is 12.5. The molecule has 138 valence electrons. The van der Waals surface area contributed by atoms with Gasteiger partial charge < -0.3 is 10.6 Å². The van der Waals surface area contributed by atoms with E-state index in [2.05, 4.69) is 15.2 Å². The van der Waals surface area contributed by atoms with Crippen molar-refractivity contribution in [3.63, 3.8) is 0 Å². The lowest BCUT2D eigenvalue weighted by atomic mass is 9.75. The molecule has 3 aliphatic rings. The highest BCUT2D eigenvalue weighted by Gasteiger charge is 2.43. The fourth-order valence-corrected chi connectivity index (χ4v) is 4.37. The Morgan fingerprint density at radius 3 is 2.92 bits per heavy atom. The number of carbonyl (C=O) groups is 1. The molecule has 0 radical (unpaired) electrons. The standard InChI is InChI=1S/C19H26N6O/c1-23(2)19(26)17-11-24-7-6-13(17)9-16(24)10-25-12-18(21-22-25)14-4-3-5-15(20)8-14/h3-5,8,12-13,16-17H,6-7,9-11,20H2,1-2H3/t13-,16-,17-/m1/s1. The summed E-state index contributed by atoms with van der Waals surface area (Å²) in [4.78, 5) is 16.6. The summed E-state index contributed by atoms with van der Waals surface area (Å²) in [5.41, 5.74) is 8.41. The van der Waals surface area contributed by atoms with Crippen LogP contribution in [-0.4, -0.2) is 63.9 Å². The van der Waals surface area contributed by atoms with Gasteiger partial charge in [0.1, 0.15) is 5.69 Å². The second-order valence-corrected chi connectivity index (χ2v) is 7.72. The van der Waals surface area contributed by atoms with Crippen LogP contribution in [0.25, 0.3) is 11.3 Å². The summed E-state index contributed by atoms with van der Waals surface area (Å²) < 4.78 is 1.92. The molecule has 1 unspecified atom stereocenters. The van der Waals surface area contributed by atoms with Crippen molar-refractivity contribution >= 4 is 11.6 Å². The molecule has 2 aromatic rings. The van der Waals surface area contributed by atoms with E-state index in [4.69, 9.17) is 5.73 Å². The average molecular weight is 354 g/mol. The van der Waals surface area contributed by atoms with Gasteiger partial charge in [0.15, 0.2) is 0 Å². The molecule has 7 heteroatoms. The second-order valence-electron chi connectivity index (χ2n) is 7.72. The third-order valence-electron chi connectivity index (χ3n) is 5.76. The van der Waals surface area contributed by atoms with Gasteiger partial charge in [-0.3, -0.25) is 14.4 Å². The zero-order valence-electron chi connectivity index (χ0n) is 15.4. The molecule has 4 atom stereocenters. The minimum Gasteiger partial charge on any atom is -0.399 e. The third kappa shape index (κ3) is 3.19. The molecule has 3 fully saturated rings. The molecule has 26 heavy (non-hydrogen) atoms. The monoisotopic (exact) mass is 354 g/mol. The van der Waals surface area contributed by atoms with Gasteiger partial charge in [-0.25, -0.2) is 0 Å². The third-order valence-corrected chi connectivity index (χ3v) is 5.76. The van der Waals surface area contributed by atoms with Crippen molar-refractivity contribution in [2.75, 3.05) is 32.9 Å². The Hall–Kier alpha value is -2.41. The first-order valence-electron chi connectivity index (χ1n) is 9.22. The number of nitrogens with zero attached hydrogens (tertiary/aromatic N) is 5. The number of fused-ring (bicyclic) bond motifs is 3. The van der Waals surface area contributed by atoms with Crippen LogP contribution in [0.4, 0.5) is 5.69 Å². The van der Waals surface area contributed by atoms with Crippen molar-refractivity contribution < 1.29 is 4.79 Å². The van der Waals surface area contributed by atoms with E-state index in [1.54, 1.807) is 4.90 Å². The molecular formula is C19H26N6O. The number of benzene rings is 1. The number of hydrogen-bond donors (Lipinski definition) is 1. The largest absolute Gasteiger partial charge is 0.399 e. The maximum Gasteiger partial charge on any atom is 0.226 e. The number of piperidine rings is 3. The Morgan fingerprint density at radius 1 is 1.38 bits per heavy atom. The Labute approximate surface area is 153 Å². The zero-order chi connectivity index (χ0) is 18.3. The predicted molar refractivity (Wildman–Crippen MR) is 100 cm³/mol. The van der Waals surface area contributed by atoms with Gasteiger partial charge >= 0.3 is 0 Å². The molecule has 1 amide bonds. The predicted octanol–water partition coefficient (Wildman–Crippen LogP) is 1.33. The lowest BCUT2D eigenvalue weighted by Crippen LogP contribution is -2.57. The summed E-state index contributed by atoms with van der Waals surface area (Å²) in [6.45, 7) is 2.75. The molecule has 1 aromatic heterocycles. The van der Waals surface area contributed by atoms with Gasteiger partial charge in [0.05, 0.1) is 18.7 Å². The Bertz CT molecular complexity index is 801. The number of carbonyl (C=O) groups excluding carboxylic acids is 1. The average Bonchev–Trinajstić information content (AvgIpc) is 3.10. The van der Waals surface area contributed by atoms with Crippen LogP contribution in [0.15, 0.2) is 30.5 Å². The van der Waals surface area contributed by atoms with E-state index in [9.17, 15) is 4.79 Å². The number of anilines is 1. The molecule has 5 rings (SSSR count). The molecule has 0 saturated carbocycles. The summed E-state index contributed by atoms with van der Waals surface area (Å²) in [6, 6.07) is 8.13. The number of aromatic nitrogens is 3. The van der Waals surface area contributed by atoms with Crippen LogP contribution < -0.4 is 5.73 Å². The Kier molecular flexibility index (Phi) is 4.40. The number of hydrogen-bond acceptors (Lipinski definition) is 5. The fourth-order valence-electron chi connectivity index (χ4n) is 4.37. The summed E-state index contributed by atoms with van der Waals surface area (Å²) >= 11 is 0. The van der Waals surface area contributed by atoms with Crippen LogP contribution in [0.3, 0.4) is 0 Å². The molecule has 2 bridgehead atoms. The summed E-state index contributed by atoms with van der Waals surface area (Å²) in [5.74, 6) is 0.897.